The Kier molecular flexibility index (Phi) is 7.10. The Bertz CT molecular complexity index is 1060. The highest BCUT2D eigenvalue weighted by atomic mass is 19.4. The molecule has 0 bridgehead atoms. The second-order valence-corrected chi connectivity index (χ2v) is 7.66. The van der Waals surface area contributed by atoms with Crippen LogP contribution in [0, 0.1) is 6.92 Å². The number of aromatic nitrogens is 1. The largest absolute Gasteiger partial charge is 0.416 e. The average molecular weight is 426 g/mol. The highest BCUT2D eigenvalue weighted by Crippen LogP contribution is 2.31. The van der Waals surface area contributed by atoms with E-state index in [1.165, 1.54) is 6.07 Å². The van der Waals surface area contributed by atoms with E-state index in [9.17, 15) is 18.0 Å². The van der Waals surface area contributed by atoms with Gasteiger partial charge in [0, 0.05) is 23.9 Å². The first-order valence-corrected chi connectivity index (χ1v) is 10.3. The van der Waals surface area contributed by atoms with Crippen molar-refractivity contribution in [1.29, 1.82) is 0 Å². The van der Waals surface area contributed by atoms with Crippen molar-refractivity contribution in [2.75, 3.05) is 5.32 Å². The van der Waals surface area contributed by atoms with Gasteiger partial charge in [0.15, 0.2) is 5.78 Å². The first-order chi connectivity index (χ1) is 14.7. The number of hydrogen-bond donors (Lipinski definition) is 1. The Morgan fingerprint density at radius 1 is 1.03 bits per heavy atom. The van der Waals surface area contributed by atoms with Gasteiger partial charge in [0.2, 0.25) is 0 Å². The second-order valence-electron chi connectivity index (χ2n) is 7.66. The molecule has 0 saturated heterocycles. The molecule has 1 aromatic heterocycles. The van der Waals surface area contributed by atoms with Gasteiger partial charge in [-0.05, 0) is 67.3 Å². The van der Waals surface area contributed by atoms with Crippen molar-refractivity contribution < 1.29 is 18.0 Å². The van der Waals surface area contributed by atoms with Crippen molar-refractivity contribution in [3.63, 3.8) is 0 Å². The Hall–Kier alpha value is -3.15. The third-order valence-corrected chi connectivity index (χ3v) is 4.91. The molecule has 3 nitrogen and oxygen atoms in total. The molecule has 0 saturated carbocycles. The number of aryl methyl sites for hydroxylation is 1. The lowest BCUT2D eigenvalue weighted by molar-refractivity contribution is -0.137. The summed E-state index contributed by atoms with van der Waals surface area (Å²) < 4.78 is 39.3. The topological polar surface area (TPSA) is 42.0 Å². The molecule has 3 aromatic rings. The average Bonchev–Trinajstić information content (AvgIpc) is 2.71. The van der Waals surface area contributed by atoms with Gasteiger partial charge in [0.05, 0.1) is 5.56 Å². The number of carbonyl (C=O) groups excluding carboxylic acids is 1. The molecule has 0 atom stereocenters. The van der Waals surface area contributed by atoms with Crippen molar-refractivity contribution in [3.8, 4) is 0 Å². The number of Topliss-reactive ketones (excluding diaryl/α,β-unsaturated/α-hetero) is 1. The van der Waals surface area contributed by atoms with Crippen LogP contribution in [0.15, 0.2) is 60.8 Å². The molecule has 0 aliphatic carbocycles. The second kappa shape index (κ2) is 9.77. The van der Waals surface area contributed by atoms with E-state index in [1.807, 2.05) is 19.1 Å². The van der Waals surface area contributed by atoms with E-state index in [4.69, 9.17) is 0 Å². The zero-order valence-corrected chi connectivity index (χ0v) is 17.6. The van der Waals surface area contributed by atoms with Crippen LogP contribution in [0.1, 0.15) is 58.8 Å². The zero-order chi connectivity index (χ0) is 22.4. The fourth-order valence-electron chi connectivity index (χ4n) is 3.42. The number of pyridine rings is 1. The number of ketones is 1. The van der Waals surface area contributed by atoms with E-state index in [2.05, 4.69) is 10.3 Å². The smallest absolute Gasteiger partial charge is 0.340 e. The van der Waals surface area contributed by atoms with Crippen molar-refractivity contribution in [3.05, 3.63) is 88.6 Å². The molecule has 2 aromatic carbocycles. The van der Waals surface area contributed by atoms with Crippen LogP contribution in [0.4, 0.5) is 24.7 Å². The number of hydrogen-bond acceptors (Lipinski definition) is 3. The van der Waals surface area contributed by atoms with Gasteiger partial charge in [0.25, 0.3) is 0 Å². The number of anilines is 2. The third kappa shape index (κ3) is 6.41. The molecule has 0 unspecified atom stereocenters. The van der Waals surface area contributed by atoms with Gasteiger partial charge >= 0.3 is 6.18 Å². The summed E-state index contributed by atoms with van der Waals surface area (Å²) in [4.78, 5) is 16.6. The molecule has 1 heterocycles. The van der Waals surface area contributed by atoms with Crippen LogP contribution >= 0.6 is 0 Å². The number of nitrogens with zero attached hydrogens (tertiary/aromatic N) is 1. The summed E-state index contributed by atoms with van der Waals surface area (Å²) in [5, 5.41) is 3.19. The van der Waals surface area contributed by atoms with Crippen molar-refractivity contribution in [2.45, 2.75) is 45.7 Å². The SMILES string of the molecule is CCCCC(=O)c1cccc(Nc2cc(Cc3cc(C)cc(C(F)(F)F)c3)ccn2)c1. The predicted molar refractivity (Wildman–Crippen MR) is 117 cm³/mol. The summed E-state index contributed by atoms with van der Waals surface area (Å²) in [6.07, 6.45) is -0.0534. The fraction of sp³-hybridized carbons (Fsp3) is 0.280. The van der Waals surface area contributed by atoms with Gasteiger partial charge in [-0.25, -0.2) is 4.98 Å². The lowest BCUT2D eigenvalue weighted by Crippen LogP contribution is -2.06. The van der Waals surface area contributed by atoms with Crippen LogP contribution in [0.2, 0.25) is 0 Å². The Labute approximate surface area is 180 Å². The highest BCUT2D eigenvalue weighted by Gasteiger charge is 2.30. The minimum Gasteiger partial charge on any atom is -0.340 e. The molecule has 31 heavy (non-hydrogen) atoms. The van der Waals surface area contributed by atoms with Crippen molar-refractivity contribution in [2.24, 2.45) is 0 Å². The Morgan fingerprint density at radius 2 is 1.84 bits per heavy atom. The molecular formula is C25H25F3N2O. The quantitative estimate of drug-likeness (QED) is 0.390. The summed E-state index contributed by atoms with van der Waals surface area (Å²) in [6.45, 7) is 3.71. The van der Waals surface area contributed by atoms with E-state index in [0.29, 0.717) is 35.3 Å². The lowest BCUT2D eigenvalue weighted by Gasteiger charge is -2.12. The van der Waals surface area contributed by atoms with Crippen LogP contribution in [-0.2, 0) is 12.6 Å². The fourth-order valence-corrected chi connectivity index (χ4v) is 3.42. The number of nitrogens with one attached hydrogen (secondary N) is 1. The van der Waals surface area contributed by atoms with Gasteiger partial charge in [-0.2, -0.15) is 13.2 Å². The normalized spacial score (nSPS) is 11.4. The number of carbonyl (C=O) groups is 1. The minimum absolute atomic E-state index is 0.104. The van der Waals surface area contributed by atoms with Crippen LogP contribution in [0.25, 0.3) is 0 Å². The maximum atomic E-state index is 13.1. The number of alkyl halides is 3. The van der Waals surface area contributed by atoms with Crippen LogP contribution in [0.3, 0.4) is 0 Å². The molecule has 6 heteroatoms. The molecule has 0 aliphatic rings. The summed E-state index contributed by atoms with van der Waals surface area (Å²) in [5.41, 5.74) is 2.75. The van der Waals surface area contributed by atoms with Crippen LogP contribution in [0.5, 0.6) is 0 Å². The predicted octanol–water partition coefficient (Wildman–Crippen LogP) is 7.12. The van der Waals surface area contributed by atoms with Crippen molar-refractivity contribution in [1.82, 2.24) is 4.98 Å². The van der Waals surface area contributed by atoms with Crippen molar-refractivity contribution >= 4 is 17.3 Å². The molecule has 0 spiro atoms. The van der Waals surface area contributed by atoms with E-state index < -0.39 is 11.7 Å². The van der Waals surface area contributed by atoms with E-state index in [1.54, 1.807) is 43.5 Å². The van der Waals surface area contributed by atoms with Crippen LogP contribution in [-0.4, -0.2) is 10.8 Å². The summed E-state index contributed by atoms with van der Waals surface area (Å²) in [6, 6.07) is 14.9. The maximum Gasteiger partial charge on any atom is 0.416 e. The van der Waals surface area contributed by atoms with E-state index in [-0.39, 0.29) is 5.78 Å². The molecule has 0 radical (unpaired) electrons. The third-order valence-electron chi connectivity index (χ3n) is 4.91. The lowest BCUT2D eigenvalue weighted by atomic mass is 10.0. The molecule has 0 fully saturated rings. The van der Waals surface area contributed by atoms with Gasteiger partial charge in [-0.15, -0.1) is 0 Å². The molecule has 0 amide bonds. The summed E-state index contributed by atoms with van der Waals surface area (Å²) >= 11 is 0. The van der Waals surface area contributed by atoms with E-state index in [0.717, 1.165) is 30.2 Å². The number of benzene rings is 2. The summed E-state index contributed by atoms with van der Waals surface area (Å²) in [7, 11) is 0. The first-order valence-electron chi connectivity index (χ1n) is 10.3. The maximum absolute atomic E-state index is 13.1. The molecule has 1 N–H and O–H groups in total. The number of halogens is 3. The number of unbranched alkanes of at least 4 members (excludes halogenated alkanes) is 1. The molecule has 0 aliphatic heterocycles. The molecular weight excluding hydrogens is 401 g/mol. The van der Waals surface area contributed by atoms with E-state index >= 15 is 0 Å². The van der Waals surface area contributed by atoms with Gasteiger partial charge in [-0.3, -0.25) is 4.79 Å². The van der Waals surface area contributed by atoms with Crippen LogP contribution < -0.4 is 5.32 Å². The summed E-state index contributed by atoms with van der Waals surface area (Å²) in [5.74, 6) is 0.673. The molecule has 162 valence electrons. The minimum atomic E-state index is -4.37. The number of rotatable bonds is 8. The first kappa shape index (κ1) is 22.5. The Morgan fingerprint density at radius 3 is 2.58 bits per heavy atom. The van der Waals surface area contributed by atoms with Gasteiger partial charge in [0.1, 0.15) is 5.82 Å². The zero-order valence-electron chi connectivity index (χ0n) is 17.6. The molecule has 3 rings (SSSR count). The highest BCUT2D eigenvalue weighted by molar-refractivity contribution is 5.97. The Balaban J connectivity index is 1.76. The van der Waals surface area contributed by atoms with Gasteiger partial charge in [-0.1, -0.05) is 37.1 Å². The standard InChI is InChI=1S/C25H25F3N2O/c1-3-4-8-23(31)20-6-5-7-22(16-20)30-24-15-18(9-10-29-24)13-19-11-17(2)12-21(14-19)25(26,27)28/h5-7,9-12,14-16H,3-4,8,13H2,1-2H3,(H,29,30). The van der Waals surface area contributed by atoms with Gasteiger partial charge < -0.3 is 5.32 Å². The monoisotopic (exact) mass is 426 g/mol.